The van der Waals surface area contributed by atoms with E-state index in [4.69, 9.17) is 0 Å². The number of aromatic nitrogens is 2. The lowest BCUT2D eigenvalue weighted by Crippen LogP contribution is -2.45. The molecule has 3 aromatic carbocycles. The lowest BCUT2D eigenvalue weighted by Gasteiger charge is -2.35. The molecule has 1 unspecified atom stereocenters. The number of carbonyl (C=O) groups is 1. The number of anilines is 1. The average Bonchev–Trinajstić information content (AvgIpc) is 3.23. The van der Waals surface area contributed by atoms with Crippen LogP contribution < -0.4 is 4.90 Å². The van der Waals surface area contributed by atoms with Gasteiger partial charge in [0.2, 0.25) is 0 Å². The highest BCUT2D eigenvalue weighted by Gasteiger charge is 2.50. The summed E-state index contributed by atoms with van der Waals surface area (Å²) in [6.45, 7) is 0. The third kappa shape index (κ3) is 2.20. The van der Waals surface area contributed by atoms with Crippen molar-refractivity contribution in [2.45, 2.75) is 5.72 Å². The number of rotatable bonds is 2. The monoisotopic (exact) mass is 376 g/mol. The van der Waals surface area contributed by atoms with Gasteiger partial charge in [-0.2, -0.15) is 0 Å². The molecule has 0 saturated heterocycles. The molecular formula is C21H12F2N3O2. The lowest BCUT2D eigenvalue weighted by molar-refractivity contribution is 0.0703. The van der Waals surface area contributed by atoms with Gasteiger partial charge in [-0.15, -0.1) is 0 Å². The number of aliphatic hydroxyl groups is 1. The second kappa shape index (κ2) is 5.71. The second-order valence-electron chi connectivity index (χ2n) is 6.57. The van der Waals surface area contributed by atoms with Gasteiger partial charge < -0.3 is 10.1 Å². The fourth-order valence-corrected chi connectivity index (χ4v) is 3.71. The topological polar surface area (TPSA) is 69.2 Å². The summed E-state index contributed by atoms with van der Waals surface area (Å²) in [5.74, 6) is -2.26. The Morgan fingerprint density at radius 1 is 1.04 bits per heavy atom. The molecule has 0 bridgehead atoms. The highest BCUT2D eigenvalue weighted by Crippen LogP contribution is 2.45. The maximum Gasteiger partial charge on any atom is 0.261 e. The number of amides is 1. The Bertz CT molecular complexity index is 1230. The SMILES string of the molecule is O=C1c2ccccc2C(O)(c2ccc3[nH][c]nc3c2)N1c1cc(F)cc(F)c1. The largest absolute Gasteiger partial charge is 0.363 e. The molecular weight excluding hydrogens is 364 g/mol. The molecule has 1 aliphatic heterocycles. The number of aromatic amines is 1. The first kappa shape index (κ1) is 16.6. The van der Waals surface area contributed by atoms with E-state index >= 15 is 0 Å². The molecule has 5 nitrogen and oxygen atoms in total. The summed E-state index contributed by atoms with van der Waals surface area (Å²) in [4.78, 5) is 21.0. The molecule has 137 valence electrons. The summed E-state index contributed by atoms with van der Waals surface area (Å²) < 4.78 is 27.8. The van der Waals surface area contributed by atoms with E-state index in [0.717, 1.165) is 17.0 Å². The fraction of sp³-hybridized carbons (Fsp3) is 0.0476. The third-order valence-electron chi connectivity index (χ3n) is 4.93. The van der Waals surface area contributed by atoms with Crippen molar-refractivity contribution >= 4 is 22.6 Å². The number of nitrogens with zero attached hydrogens (tertiary/aromatic N) is 2. The van der Waals surface area contributed by atoms with Crippen LogP contribution in [0.3, 0.4) is 0 Å². The van der Waals surface area contributed by atoms with Gasteiger partial charge in [0.05, 0.1) is 16.7 Å². The molecule has 1 radical (unpaired) electrons. The molecule has 2 heterocycles. The van der Waals surface area contributed by atoms with Crippen LogP contribution >= 0.6 is 0 Å². The minimum Gasteiger partial charge on any atom is -0.363 e. The minimum atomic E-state index is -1.96. The number of carbonyl (C=O) groups excluding carboxylic acids is 1. The zero-order chi connectivity index (χ0) is 19.5. The Morgan fingerprint density at radius 3 is 2.57 bits per heavy atom. The van der Waals surface area contributed by atoms with E-state index in [9.17, 15) is 18.7 Å². The van der Waals surface area contributed by atoms with Crippen LogP contribution in [0, 0.1) is 18.0 Å². The highest BCUT2D eigenvalue weighted by atomic mass is 19.1. The molecule has 0 aliphatic carbocycles. The summed E-state index contributed by atoms with van der Waals surface area (Å²) in [5, 5.41) is 11.8. The molecule has 2 N–H and O–H groups in total. The van der Waals surface area contributed by atoms with Gasteiger partial charge in [0.25, 0.3) is 5.91 Å². The van der Waals surface area contributed by atoms with Crippen molar-refractivity contribution in [1.29, 1.82) is 0 Å². The number of nitrogens with one attached hydrogen (secondary N) is 1. The van der Waals surface area contributed by atoms with E-state index in [-0.39, 0.29) is 11.3 Å². The molecule has 1 atom stereocenters. The van der Waals surface area contributed by atoms with Crippen LogP contribution in [0.15, 0.2) is 60.7 Å². The molecule has 4 aromatic rings. The molecule has 1 aliphatic rings. The number of benzene rings is 3. The van der Waals surface area contributed by atoms with Gasteiger partial charge in [0, 0.05) is 22.8 Å². The highest BCUT2D eigenvalue weighted by molar-refractivity contribution is 6.12. The summed E-state index contributed by atoms with van der Waals surface area (Å²) in [7, 11) is 0. The normalized spacial score (nSPS) is 18.7. The van der Waals surface area contributed by atoms with Crippen molar-refractivity contribution in [1.82, 2.24) is 9.97 Å². The Morgan fingerprint density at radius 2 is 1.79 bits per heavy atom. The molecule has 7 heteroatoms. The van der Waals surface area contributed by atoms with Crippen molar-refractivity contribution in [3.8, 4) is 0 Å². The fourth-order valence-electron chi connectivity index (χ4n) is 3.71. The van der Waals surface area contributed by atoms with Crippen molar-refractivity contribution in [3.05, 3.63) is 95.3 Å². The van der Waals surface area contributed by atoms with Crippen molar-refractivity contribution < 1.29 is 18.7 Å². The van der Waals surface area contributed by atoms with E-state index in [0.29, 0.717) is 28.2 Å². The maximum atomic E-state index is 13.9. The molecule has 0 spiro atoms. The summed E-state index contributed by atoms with van der Waals surface area (Å²) >= 11 is 0. The van der Waals surface area contributed by atoms with Crippen LogP contribution in [0.25, 0.3) is 11.0 Å². The van der Waals surface area contributed by atoms with Crippen LogP contribution in [-0.2, 0) is 5.72 Å². The predicted molar refractivity (Wildman–Crippen MR) is 97.5 cm³/mol. The summed E-state index contributed by atoms with van der Waals surface area (Å²) in [6, 6.07) is 14.2. The first-order chi connectivity index (χ1) is 13.5. The van der Waals surface area contributed by atoms with Gasteiger partial charge in [-0.1, -0.05) is 24.3 Å². The Kier molecular flexibility index (Phi) is 3.38. The van der Waals surface area contributed by atoms with Crippen LogP contribution in [0.1, 0.15) is 21.5 Å². The van der Waals surface area contributed by atoms with Crippen LogP contribution in [0.4, 0.5) is 14.5 Å². The maximum absolute atomic E-state index is 13.9. The number of fused-ring (bicyclic) bond motifs is 2. The Hall–Kier alpha value is -3.58. The van der Waals surface area contributed by atoms with Gasteiger partial charge in [-0.25, -0.2) is 13.8 Å². The number of halogens is 2. The number of hydrogen-bond donors (Lipinski definition) is 2. The number of imidazole rings is 1. The van der Waals surface area contributed by atoms with E-state index in [2.05, 4.69) is 16.3 Å². The van der Waals surface area contributed by atoms with Crippen LogP contribution in [0.5, 0.6) is 0 Å². The molecule has 0 fully saturated rings. The van der Waals surface area contributed by atoms with Crippen molar-refractivity contribution in [2.24, 2.45) is 0 Å². The Balaban J connectivity index is 1.80. The Labute approximate surface area is 157 Å². The van der Waals surface area contributed by atoms with E-state index in [1.54, 1.807) is 42.5 Å². The summed E-state index contributed by atoms with van der Waals surface area (Å²) in [6.07, 6.45) is 2.62. The first-order valence-electron chi connectivity index (χ1n) is 8.47. The van der Waals surface area contributed by atoms with Crippen molar-refractivity contribution in [2.75, 3.05) is 4.90 Å². The molecule has 5 rings (SSSR count). The predicted octanol–water partition coefficient (Wildman–Crippen LogP) is 3.50. The first-order valence-corrected chi connectivity index (χ1v) is 8.47. The standard InChI is InChI=1S/C21H12F2N3O2/c22-13-8-14(23)10-15(9-13)26-20(27)16-3-1-2-4-17(16)21(26,28)12-5-6-18-19(7-12)25-11-24-18/h1-10,28H,(H,24,25). The molecule has 28 heavy (non-hydrogen) atoms. The zero-order valence-corrected chi connectivity index (χ0v) is 14.3. The van der Waals surface area contributed by atoms with Crippen molar-refractivity contribution in [3.63, 3.8) is 0 Å². The third-order valence-corrected chi connectivity index (χ3v) is 4.93. The van der Waals surface area contributed by atoms with E-state index < -0.39 is 23.3 Å². The summed E-state index contributed by atoms with van der Waals surface area (Å²) in [5.41, 5.74) is 0.104. The number of hydrogen-bond acceptors (Lipinski definition) is 3. The minimum absolute atomic E-state index is 0.0881. The van der Waals surface area contributed by atoms with Gasteiger partial charge in [-0.3, -0.25) is 9.69 Å². The van der Waals surface area contributed by atoms with E-state index in [1.807, 2.05) is 0 Å². The second-order valence-corrected chi connectivity index (χ2v) is 6.57. The van der Waals surface area contributed by atoms with E-state index in [1.165, 1.54) is 0 Å². The molecule has 0 saturated carbocycles. The average molecular weight is 376 g/mol. The smallest absolute Gasteiger partial charge is 0.261 e. The van der Waals surface area contributed by atoms with Gasteiger partial charge in [-0.05, 0) is 30.3 Å². The quantitative estimate of drug-likeness (QED) is 0.563. The van der Waals surface area contributed by atoms with Gasteiger partial charge in [0.15, 0.2) is 12.1 Å². The lowest BCUT2D eigenvalue weighted by atomic mass is 9.93. The van der Waals surface area contributed by atoms with Gasteiger partial charge >= 0.3 is 0 Å². The van der Waals surface area contributed by atoms with Crippen LogP contribution in [0.2, 0.25) is 0 Å². The number of H-pyrrole nitrogens is 1. The van der Waals surface area contributed by atoms with Crippen LogP contribution in [-0.4, -0.2) is 21.0 Å². The molecule has 1 amide bonds. The molecule has 1 aromatic heterocycles. The van der Waals surface area contributed by atoms with Gasteiger partial charge in [0.1, 0.15) is 11.6 Å². The zero-order valence-electron chi connectivity index (χ0n) is 14.3.